The molecule has 0 aliphatic rings. The fourth-order valence-electron chi connectivity index (χ4n) is 1.53. The van der Waals surface area contributed by atoms with Gasteiger partial charge in [0.1, 0.15) is 5.15 Å². The van der Waals surface area contributed by atoms with Gasteiger partial charge in [-0.05, 0) is 30.2 Å². The molecule has 0 saturated heterocycles. The van der Waals surface area contributed by atoms with E-state index < -0.39 is 0 Å². The molecule has 16 heavy (non-hydrogen) atoms. The minimum Gasteiger partial charge on any atom is -0.236 e. The first kappa shape index (κ1) is 11.2. The van der Waals surface area contributed by atoms with E-state index in [0.717, 1.165) is 16.5 Å². The molecule has 0 unspecified atom stereocenters. The molecular formula is C12H8Cl2N2. The Morgan fingerprint density at radius 1 is 1.25 bits per heavy atom. The minimum absolute atomic E-state index is 0.445. The van der Waals surface area contributed by atoms with Crippen molar-refractivity contribution < 1.29 is 0 Å². The molecule has 0 fully saturated rings. The molecule has 1 heterocycles. The summed E-state index contributed by atoms with van der Waals surface area (Å²) in [6.07, 6.45) is 1.07. The first-order valence-corrected chi connectivity index (χ1v) is 5.58. The summed E-state index contributed by atoms with van der Waals surface area (Å²) in [5.74, 6) is 0. The lowest BCUT2D eigenvalue weighted by atomic mass is 10.1. The van der Waals surface area contributed by atoms with Gasteiger partial charge in [-0.2, -0.15) is 5.26 Å². The molecule has 0 saturated carbocycles. The fraction of sp³-hybridized carbons (Fsp3) is 0.167. The highest BCUT2D eigenvalue weighted by molar-refractivity contribution is 6.32. The van der Waals surface area contributed by atoms with Crippen molar-refractivity contribution in [2.24, 2.45) is 0 Å². The minimum atomic E-state index is 0.445. The van der Waals surface area contributed by atoms with Crippen LogP contribution in [0.4, 0.5) is 0 Å². The number of benzene rings is 1. The summed E-state index contributed by atoms with van der Waals surface area (Å²) in [7, 11) is 0. The third-order valence-corrected chi connectivity index (χ3v) is 2.87. The van der Waals surface area contributed by atoms with Crippen molar-refractivity contribution in [2.45, 2.75) is 12.8 Å². The Kier molecular flexibility index (Phi) is 3.28. The summed E-state index contributed by atoms with van der Waals surface area (Å²) in [5, 5.41) is 10.6. The van der Waals surface area contributed by atoms with Crippen LogP contribution in [0.15, 0.2) is 24.3 Å². The van der Waals surface area contributed by atoms with Gasteiger partial charge in [0.15, 0.2) is 0 Å². The smallest absolute Gasteiger partial charge is 0.133 e. The molecule has 0 N–H and O–H groups in total. The number of aryl methyl sites for hydroxylation is 1. The summed E-state index contributed by atoms with van der Waals surface area (Å²) in [6.45, 7) is 0. The van der Waals surface area contributed by atoms with Crippen LogP contribution in [0.2, 0.25) is 10.2 Å². The second kappa shape index (κ2) is 4.69. The van der Waals surface area contributed by atoms with Gasteiger partial charge in [0.25, 0.3) is 0 Å². The molecule has 2 rings (SSSR count). The van der Waals surface area contributed by atoms with E-state index in [1.807, 2.05) is 18.2 Å². The van der Waals surface area contributed by atoms with Crippen molar-refractivity contribution in [3.8, 4) is 6.07 Å². The van der Waals surface area contributed by atoms with Gasteiger partial charge in [0.2, 0.25) is 0 Å². The van der Waals surface area contributed by atoms with E-state index in [0.29, 0.717) is 23.0 Å². The lowest BCUT2D eigenvalue weighted by Gasteiger charge is -2.04. The van der Waals surface area contributed by atoms with Gasteiger partial charge in [-0.1, -0.05) is 29.3 Å². The Hall–Kier alpha value is -1.30. The lowest BCUT2D eigenvalue weighted by Crippen LogP contribution is -1.90. The maximum Gasteiger partial charge on any atom is 0.133 e. The number of halogens is 2. The fourth-order valence-corrected chi connectivity index (χ4v) is 1.93. The molecule has 2 nitrogen and oxygen atoms in total. The first-order chi connectivity index (χ1) is 7.70. The zero-order chi connectivity index (χ0) is 11.5. The van der Waals surface area contributed by atoms with Crippen LogP contribution in [0.1, 0.15) is 12.0 Å². The number of fused-ring (bicyclic) bond motifs is 1. The third-order valence-electron chi connectivity index (χ3n) is 2.31. The second-order valence-corrected chi connectivity index (χ2v) is 4.23. The van der Waals surface area contributed by atoms with Crippen LogP contribution in [0, 0.1) is 11.3 Å². The van der Waals surface area contributed by atoms with Crippen LogP contribution < -0.4 is 0 Å². The van der Waals surface area contributed by atoms with E-state index in [4.69, 9.17) is 28.5 Å². The second-order valence-electron chi connectivity index (χ2n) is 3.43. The summed E-state index contributed by atoms with van der Waals surface area (Å²) >= 11 is 11.9. The number of pyridine rings is 1. The largest absolute Gasteiger partial charge is 0.236 e. The van der Waals surface area contributed by atoms with Crippen LogP contribution >= 0.6 is 23.2 Å². The number of nitrogens with zero attached hydrogens (tertiary/aromatic N) is 2. The SMILES string of the molecule is N#CCCc1cc2ccc(Cl)cc2nc1Cl. The molecule has 0 amide bonds. The van der Waals surface area contributed by atoms with E-state index in [9.17, 15) is 0 Å². The number of hydrogen-bond acceptors (Lipinski definition) is 2. The van der Waals surface area contributed by atoms with Crippen molar-refractivity contribution in [2.75, 3.05) is 0 Å². The van der Waals surface area contributed by atoms with Gasteiger partial charge < -0.3 is 0 Å². The number of hydrogen-bond donors (Lipinski definition) is 0. The maximum atomic E-state index is 8.54. The molecule has 0 spiro atoms. The van der Waals surface area contributed by atoms with Crippen molar-refractivity contribution in [3.05, 3.63) is 40.0 Å². The predicted octanol–water partition coefficient (Wildman–Crippen LogP) is 4.00. The van der Waals surface area contributed by atoms with E-state index in [1.165, 1.54) is 0 Å². The molecule has 4 heteroatoms. The normalized spacial score (nSPS) is 10.3. The molecule has 0 aliphatic heterocycles. The van der Waals surface area contributed by atoms with E-state index in [1.54, 1.807) is 6.07 Å². The van der Waals surface area contributed by atoms with E-state index in [-0.39, 0.29) is 0 Å². The monoisotopic (exact) mass is 250 g/mol. The van der Waals surface area contributed by atoms with Crippen LogP contribution in [-0.4, -0.2) is 4.98 Å². The van der Waals surface area contributed by atoms with Crippen molar-refractivity contribution in [3.63, 3.8) is 0 Å². The highest BCUT2D eigenvalue weighted by Gasteiger charge is 2.05. The Morgan fingerprint density at radius 3 is 2.81 bits per heavy atom. The Labute approximate surface area is 103 Å². The molecule has 0 aliphatic carbocycles. The van der Waals surface area contributed by atoms with Gasteiger partial charge in [-0.15, -0.1) is 0 Å². The average molecular weight is 251 g/mol. The quantitative estimate of drug-likeness (QED) is 0.756. The van der Waals surface area contributed by atoms with E-state index in [2.05, 4.69) is 11.1 Å². The number of nitriles is 1. The molecule has 1 aromatic heterocycles. The highest BCUT2D eigenvalue weighted by Crippen LogP contribution is 2.23. The number of aromatic nitrogens is 1. The number of rotatable bonds is 2. The van der Waals surface area contributed by atoms with Gasteiger partial charge in [0, 0.05) is 16.8 Å². The van der Waals surface area contributed by atoms with Crippen molar-refractivity contribution >= 4 is 34.1 Å². The van der Waals surface area contributed by atoms with Crippen LogP contribution in [-0.2, 0) is 6.42 Å². The molecule has 80 valence electrons. The highest BCUT2D eigenvalue weighted by atomic mass is 35.5. The van der Waals surface area contributed by atoms with Crippen LogP contribution in [0.3, 0.4) is 0 Å². The first-order valence-electron chi connectivity index (χ1n) is 4.82. The molecule has 0 bridgehead atoms. The predicted molar refractivity (Wildman–Crippen MR) is 65.7 cm³/mol. The molecule has 0 radical (unpaired) electrons. The van der Waals surface area contributed by atoms with Crippen LogP contribution in [0.25, 0.3) is 10.9 Å². The third kappa shape index (κ3) is 2.27. The topological polar surface area (TPSA) is 36.7 Å². The van der Waals surface area contributed by atoms with Crippen LogP contribution in [0.5, 0.6) is 0 Å². The zero-order valence-electron chi connectivity index (χ0n) is 8.37. The molecule has 2 aromatic rings. The standard InChI is InChI=1S/C12H8Cl2N2/c13-10-4-3-8-6-9(2-1-5-15)12(14)16-11(8)7-10/h3-4,6-7H,1-2H2. The Bertz CT molecular complexity index is 573. The van der Waals surface area contributed by atoms with E-state index >= 15 is 0 Å². The summed E-state index contributed by atoms with van der Waals surface area (Å²) in [5.41, 5.74) is 1.68. The molecular weight excluding hydrogens is 243 g/mol. The lowest BCUT2D eigenvalue weighted by molar-refractivity contribution is 1.00. The average Bonchev–Trinajstić information content (AvgIpc) is 2.26. The molecule has 0 atom stereocenters. The van der Waals surface area contributed by atoms with Crippen molar-refractivity contribution in [1.82, 2.24) is 4.98 Å². The Morgan fingerprint density at radius 2 is 2.06 bits per heavy atom. The van der Waals surface area contributed by atoms with Gasteiger partial charge in [0.05, 0.1) is 11.6 Å². The summed E-state index contributed by atoms with van der Waals surface area (Å²) < 4.78 is 0. The Balaban J connectivity index is 2.50. The zero-order valence-corrected chi connectivity index (χ0v) is 9.89. The molecule has 1 aromatic carbocycles. The van der Waals surface area contributed by atoms with Gasteiger partial charge in [-0.25, -0.2) is 4.98 Å². The summed E-state index contributed by atoms with van der Waals surface area (Å²) in [6, 6.07) is 9.54. The maximum absolute atomic E-state index is 8.54. The van der Waals surface area contributed by atoms with Crippen molar-refractivity contribution in [1.29, 1.82) is 5.26 Å². The van der Waals surface area contributed by atoms with Gasteiger partial charge in [-0.3, -0.25) is 0 Å². The van der Waals surface area contributed by atoms with Gasteiger partial charge >= 0.3 is 0 Å². The summed E-state index contributed by atoms with van der Waals surface area (Å²) in [4.78, 5) is 4.26.